The van der Waals surface area contributed by atoms with Crippen LogP contribution in [0.3, 0.4) is 0 Å². The van der Waals surface area contributed by atoms with Crippen LogP contribution in [0.25, 0.3) is 0 Å². The highest BCUT2D eigenvalue weighted by molar-refractivity contribution is 6.44. The first-order valence-corrected chi connectivity index (χ1v) is 7.66. The van der Waals surface area contributed by atoms with E-state index in [9.17, 15) is 0 Å². The molecule has 100 valence electrons. The van der Waals surface area contributed by atoms with E-state index in [0.717, 1.165) is 6.42 Å². The summed E-state index contributed by atoms with van der Waals surface area (Å²) in [5.41, 5.74) is 3.07. The van der Waals surface area contributed by atoms with E-state index >= 15 is 0 Å². The molecule has 2 rings (SSSR count). The predicted molar refractivity (Wildman–Crippen MR) is 80.5 cm³/mol. The Labute approximate surface area is 121 Å². The molecule has 1 saturated carbocycles. The molecule has 0 aromatic heterocycles. The van der Waals surface area contributed by atoms with Crippen LogP contribution in [0.2, 0.25) is 0 Å². The summed E-state index contributed by atoms with van der Waals surface area (Å²) in [5, 5.41) is 0. The Balaban J connectivity index is 2.19. The molecule has 0 spiro atoms. The molecule has 3 unspecified atom stereocenters. The van der Waals surface area contributed by atoms with Gasteiger partial charge in [-0.1, -0.05) is 43.7 Å². The predicted octanol–water partition coefficient (Wildman–Crippen LogP) is 5.49. The molecule has 0 N–H and O–H groups in total. The van der Waals surface area contributed by atoms with Crippen LogP contribution >= 0.6 is 23.2 Å². The Kier molecular flexibility index (Phi) is 4.29. The van der Waals surface area contributed by atoms with Gasteiger partial charge < -0.3 is 0 Å². The van der Waals surface area contributed by atoms with E-state index in [2.05, 4.69) is 45.0 Å². The fourth-order valence-electron chi connectivity index (χ4n) is 3.38. The summed E-state index contributed by atoms with van der Waals surface area (Å²) in [7, 11) is 0. The lowest BCUT2D eigenvalue weighted by Crippen LogP contribution is -2.28. The largest absolute Gasteiger partial charge is 0.108 e. The van der Waals surface area contributed by atoms with Gasteiger partial charge in [-0.3, -0.25) is 0 Å². The maximum absolute atomic E-state index is 5.95. The Bertz CT molecular complexity index is 396. The Morgan fingerprint density at radius 1 is 1.28 bits per heavy atom. The molecule has 1 aromatic rings. The van der Waals surface area contributed by atoms with Gasteiger partial charge in [-0.25, -0.2) is 0 Å². The van der Waals surface area contributed by atoms with Gasteiger partial charge >= 0.3 is 0 Å². The second-order valence-corrected chi connectivity index (χ2v) is 7.27. The van der Waals surface area contributed by atoms with Crippen molar-refractivity contribution in [3.63, 3.8) is 0 Å². The number of alkyl halides is 2. The molecule has 1 aromatic carbocycles. The maximum atomic E-state index is 5.95. The molecule has 0 amide bonds. The molecule has 3 atom stereocenters. The van der Waals surface area contributed by atoms with Crippen molar-refractivity contribution in [2.45, 2.75) is 50.3 Å². The molecule has 0 radical (unpaired) electrons. The van der Waals surface area contributed by atoms with Gasteiger partial charge in [0.1, 0.15) is 4.84 Å². The van der Waals surface area contributed by atoms with E-state index in [1.165, 1.54) is 24.0 Å². The van der Waals surface area contributed by atoms with Crippen molar-refractivity contribution in [3.05, 3.63) is 35.4 Å². The lowest BCUT2D eigenvalue weighted by molar-refractivity contribution is 0.300. The molecular weight excluding hydrogens is 263 g/mol. The van der Waals surface area contributed by atoms with E-state index < -0.39 is 0 Å². The number of aryl methyl sites for hydroxylation is 1. The summed E-state index contributed by atoms with van der Waals surface area (Å²) in [6, 6.07) is 9.00. The standard InChI is InChI=1S/C16H22Cl2/c1-11-4-6-14(7-5-11)16(3)9-8-13(12(16)2)10-15(17)18/h4-7,12-13,15H,8-10H2,1-3H3. The highest BCUT2D eigenvalue weighted by atomic mass is 35.5. The van der Waals surface area contributed by atoms with Crippen LogP contribution in [0, 0.1) is 18.8 Å². The number of hydrogen-bond donors (Lipinski definition) is 0. The molecule has 1 fully saturated rings. The Morgan fingerprint density at radius 3 is 2.44 bits per heavy atom. The summed E-state index contributed by atoms with van der Waals surface area (Å²) in [4.78, 5) is -0.224. The maximum Gasteiger partial charge on any atom is 0.108 e. The van der Waals surface area contributed by atoms with Crippen molar-refractivity contribution in [1.29, 1.82) is 0 Å². The van der Waals surface area contributed by atoms with Crippen LogP contribution in [0.5, 0.6) is 0 Å². The van der Waals surface area contributed by atoms with Crippen molar-refractivity contribution < 1.29 is 0 Å². The minimum atomic E-state index is -0.224. The molecule has 1 aliphatic rings. The summed E-state index contributed by atoms with van der Waals surface area (Å²) >= 11 is 11.9. The quantitative estimate of drug-likeness (QED) is 0.644. The van der Waals surface area contributed by atoms with Crippen molar-refractivity contribution in [1.82, 2.24) is 0 Å². The normalized spacial score (nSPS) is 32.1. The third-order valence-electron chi connectivity index (χ3n) is 4.94. The molecule has 0 saturated heterocycles. The van der Waals surface area contributed by atoms with Gasteiger partial charge in [0, 0.05) is 0 Å². The van der Waals surface area contributed by atoms with Gasteiger partial charge in [0.25, 0.3) is 0 Å². The summed E-state index contributed by atoms with van der Waals surface area (Å²) in [5.74, 6) is 1.29. The first-order chi connectivity index (χ1) is 8.43. The second-order valence-electron chi connectivity index (χ2n) is 6.00. The van der Waals surface area contributed by atoms with Crippen LogP contribution < -0.4 is 0 Å². The third-order valence-corrected chi connectivity index (χ3v) is 5.29. The van der Waals surface area contributed by atoms with E-state index in [1.54, 1.807) is 0 Å². The van der Waals surface area contributed by atoms with E-state index in [-0.39, 0.29) is 10.3 Å². The van der Waals surface area contributed by atoms with Gasteiger partial charge in [-0.15, -0.1) is 23.2 Å². The van der Waals surface area contributed by atoms with Crippen molar-refractivity contribution in [3.8, 4) is 0 Å². The van der Waals surface area contributed by atoms with Gasteiger partial charge in [-0.2, -0.15) is 0 Å². The van der Waals surface area contributed by atoms with Crippen LogP contribution in [0.1, 0.15) is 44.2 Å². The Morgan fingerprint density at radius 2 is 1.89 bits per heavy atom. The zero-order valence-corrected chi connectivity index (χ0v) is 12.9. The van der Waals surface area contributed by atoms with Crippen LogP contribution in [-0.4, -0.2) is 4.84 Å². The van der Waals surface area contributed by atoms with E-state index in [4.69, 9.17) is 23.2 Å². The van der Waals surface area contributed by atoms with Gasteiger partial charge in [0.05, 0.1) is 0 Å². The zero-order valence-electron chi connectivity index (χ0n) is 11.4. The Hall–Kier alpha value is -0.200. The second kappa shape index (κ2) is 5.43. The van der Waals surface area contributed by atoms with Crippen LogP contribution in [0.15, 0.2) is 24.3 Å². The lowest BCUT2D eigenvalue weighted by Gasteiger charge is -2.32. The van der Waals surface area contributed by atoms with Gasteiger partial charge in [0.2, 0.25) is 0 Å². The minimum absolute atomic E-state index is 0.224. The van der Waals surface area contributed by atoms with Crippen LogP contribution in [0.4, 0.5) is 0 Å². The molecule has 0 heterocycles. The zero-order chi connectivity index (χ0) is 13.3. The summed E-state index contributed by atoms with van der Waals surface area (Å²) in [6.45, 7) is 6.88. The molecule has 1 aliphatic carbocycles. The number of benzene rings is 1. The number of halogens is 2. The van der Waals surface area contributed by atoms with E-state index in [0.29, 0.717) is 11.8 Å². The molecular formula is C16H22Cl2. The number of rotatable bonds is 3. The average molecular weight is 285 g/mol. The summed E-state index contributed by atoms with van der Waals surface area (Å²) in [6.07, 6.45) is 3.40. The minimum Gasteiger partial charge on any atom is -0.105 e. The number of hydrogen-bond acceptors (Lipinski definition) is 0. The monoisotopic (exact) mass is 284 g/mol. The van der Waals surface area contributed by atoms with Crippen molar-refractivity contribution in [2.24, 2.45) is 11.8 Å². The average Bonchev–Trinajstić information content (AvgIpc) is 2.59. The first kappa shape index (κ1) is 14.2. The highest BCUT2D eigenvalue weighted by Crippen LogP contribution is 2.50. The van der Waals surface area contributed by atoms with Crippen LogP contribution in [-0.2, 0) is 5.41 Å². The van der Waals surface area contributed by atoms with Crippen molar-refractivity contribution >= 4 is 23.2 Å². The van der Waals surface area contributed by atoms with Gasteiger partial charge in [-0.05, 0) is 49.0 Å². The third kappa shape index (κ3) is 2.70. The highest BCUT2D eigenvalue weighted by Gasteiger charge is 2.43. The molecule has 0 nitrogen and oxygen atoms in total. The molecule has 0 aliphatic heterocycles. The molecule has 18 heavy (non-hydrogen) atoms. The molecule has 0 bridgehead atoms. The topological polar surface area (TPSA) is 0 Å². The first-order valence-electron chi connectivity index (χ1n) is 6.79. The van der Waals surface area contributed by atoms with Crippen molar-refractivity contribution in [2.75, 3.05) is 0 Å². The molecule has 2 heteroatoms. The lowest BCUT2D eigenvalue weighted by atomic mass is 9.72. The van der Waals surface area contributed by atoms with E-state index in [1.807, 2.05) is 0 Å². The fourth-order valence-corrected chi connectivity index (χ4v) is 3.83. The SMILES string of the molecule is Cc1ccc(C2(C)CCC(CC(Cl)Cl)C2C)cc1. The fraction of sp³-hybridized carbons (Fsp3) is 0.625. The van der Waals surface area contributed by atoms with Gasteiger partial charge in [0.15, 0.2) is 0 Å². The smallest absolute Gasteiger partial charge is 0.105 e. The summed E-state index contributed by atoms with van der Waals surface area (Å²) < 4.78 is 0.